The van der Waals surface area contributed by atoms with Crippen LogP contribution in [0.1, 0.15) is 280 Å². The molecule has 10 heterocycles. The van der Waals surface area contributed by atoms with E-state index in [1.54, 1.807) is 46.2 Å². The molecule has 0 bridgehead atoms. The molecule has 0 aliphatic carbocycles. The number of rotatable bonds is 10. The van der Waals surface area contributed by atoms with Crippen LogP contribution in [0, 0.1) is 52.7 Å². The van der Waals surface area contributed by atoms with Crippen LogP contribution in [0.4, 0.5) is 81.1 Å². The molecule has 10 aromatic carbocycles. The van der Waals surface area contributed by atoms with Gasteiger partial charge < -0.3 is 60.8 Å². The lowest BCUT2D eigenvalue weighted by Gasteiger charge is -2.43. The van der Waals surface area contributed by atoms with Crippen LogP contribution in [0.15, 0.2) is 194 Å². The maximum Gasteiger partial charge on any atom is 0.416 e. The van der Waals surface area contributed by atoms with Crippen LogP contribution in [-0.2, 0) is 36.2 Å². The van der Waals surface area contributed by atoms with Crippen molar-refractivity contribution in [1.29, 1.82) is 0 Å². The zero-order valence-corrected chi connectivity index (χ0v) is 72.6. The predicted octanol–water partition coefficient (Wildman–Crippen LogP) is 26.4. The summed E-state index contributed by atoms with van der Waals surface area (Å²) in [6.07, 6.45) is -0.637. The lowest BCUT2D eigenvalue weighted by atomic mass is 9.76. The Morgan fingerprint density at radius 2 is 0.651 bits per heavy atom. The number of carbonyl (C=O) groups excluding carboxylic acids is 2. The van der Waals surface area contributed by atoms with Gasteiger partial charge in [-0.05, 0) is 236 Å². The minimum atomic E-state index is -4.43. The average Bonchev–Trinajstić information content (AvgIpc) is 1.25. The van der Waals surface area contributed by atoms with Crippen LogP contribution in [0.2, 0.25) is 0 Å². The Morgan fingerprint density at radius 3 is 0.930 bits per heavy atom. The summed E-state index contributed by atoms with van der Waals surface area (Å²) in [5, 5.41) is 36.3. The Bertz CT molecular complexity index is 5210. The van der Waals surface area contributed by atoms with Crippen molar-refractivity contribution in [1.82, 2.24) is 9.80 Å². The number of likely N-dealkylation sites (tertiary alicyclic amines) is 2. The summed E-state index contributed by atoms with van der Waals surface area (Å²) in [5.74, 6) is -1.44. The molecule has 680 valence electrons. The van der Waals surface area contributed by atoms with Gasteiger partial charge in [-0.3, -0.25) is 9.59 Å². The second-order valence-corrected chi connectivity index (χ2v) is 36.1. The van der Waals surface area contributed by atoms with Crippen LogP contribution in [0.5, 0.6) is 11.5 Å². The monoisotopic (exact) mass is 1780 g/mol. The number of fused-ring (bicyclic) bond motifs is 11. The van der Waals surface area contributed by atoms with E-state index in [4.69, 9.17) is 14.2 Å². The first-order valence-corrected chi connectivity index (χ1v) is 44.8. The number of ether oxygens (including phenoxy) is 3. The third-order valence-electron chi connectivity index (χ3n) is 27.0. The number of anilines is 5. The number of nitrogens with one attached hydrogen (secondary N) is 5. The van der Waals surface area contributed by atoms with Gasteiger partial charge >= 0.3 is 12.4 Å². The number of phenolic OH excluding ortho intramolecular Hbond substituents is 2. The Kier molecular flexibility index (Phi) is 27.2. The molecule has 20 rings (SSSR count). The van der Waals surface area contributed by atoms with Crippen LogP contribution < -0.4 is 26.6 Å². The first kappa shape index (κ1) is 91.1. The van der Waals surface area contributed by atoms with Gasteiger partial charge in [-0.2, -0.15) is 26.3 Å². The fourth-order valence-electron chi connectivity index (χ4n) is 20.4. The maximum absolute atomic E-state index is 14.4. The van der Waals surface area contributed by atoms with Gasteiger partial charge in [0, 0.05) is 125 Å². The summed E-state index contributed by atoms with van der Waals surface area (Å²) in [7, 11) is 0. The molecular formula is C103H107F12N7O7. The average molecular weight is 1780 g/mol. The highest BCUT2D eigenvalue weighted by Gasteiger charge is 2.48. The number of halogens is 12. The normalized spacial score (nSPS) is 24.1. The second kappa shape index (κ2) is 38.4. The lowest BCUT2D eigenvalue weighted by Crippen LogP contribution is -2.37. The summed E-state index contributed by atoms with van der Waals surface area (Å²) < 4.78 is 184. The van der Waals surface area contributed by atoms with Gasteiger partial charge in [0.15, 0.2) is 0 Å². The Hall–Kier alpha value is -11.2. The first-order valence-electron chi connectivity index (χ1n) is 44.8. The second-order valence-electron chi connectivity index (χ2n) is 36.1. The third-order valence-corrected chi connectivity index (χ3v) is 27.0. The van der Waals surface area contributed by atoms with E-state index < -0.39 is 88.6 Å². The van der Waals surface area contributed by atoms with Crippen molar-refractivity contribution < 1.29 is 86.7 Å². The highest BCUT2D eigenvalue weighted by Crippen LogP contribution is 2.56. The number of alkyl halides is 6. The fraction of sp³-hybridized carbons (Fsp3) is 0.398. The number of hydrogen-bond acceptors (Lipinski definition) is 12. The number of amides is 2. The molecule has 0 spiro atoms. The SMILES string of the molecule is CC(C)c1ccc2c(c1)C1OCCCC1C(c1c(F)cccc1F)N2.CC(C)c1ccc2c(c1)[C@@H]1OCCC[C@@H]1C(c1c(F)cccc1F)N2.CC(C)c1ccc2c(c1)[C@H]1OCCC[C@H]1[C@H](c1c(F)cccc1F)N2.O=C1CCCN1C1CC(c2cccc(O)c2)Nc2ccc(C(F)(F)F)cc21.O=C1CCCN1C1CC(c2cccc(O)c2)Nc2ccc(C(F)(F)F)cc21. The maximum atomic E-state index is 14.4. The molecule has 5 saturated heterocycles. The topological polar surface area (TPSA) is 169 Å². The van der Waals surface area contributed by atoms with E-state index in [1.165, 1.54) is 83.4 Å². The van der Waals surface area contributed by atoms with Crippen molar-refractivity contribution in [2.45, 2.75) is 209 Å². The number of aromatic hydroxyl groups is 2. The summed E-state index contributed by atoms with van der Waals surface area (Å²) in [6, 6.07) is 49.4. The molecule has 8 unspecified atom stereocenters. The molecule has 0 saturated carbocycles. The van der Waals surface area contributed by atoms with Crippen LogP contribution in [0.3, 0.4) is 0 Å². The molecule has 14 nitrogen and oxygen atoms in total. The number of hydrogen-bond donors (Lipinski definition) is 7. The van der Waals surface area contributed by atoms with Gasteiger partial charge in [0.2, 0.25) is 11.8 Å². The number of nitrogens with zero attached hydrogens (tertiary/aromatic N) is 2. The van der Waals surface area contributed by atoms with E-state index in [1.807, 2.05) is 30.3 Å². The number of phenols is 2. The van der Waals surface area contributed by atoms with Crippen molar-refractivity contribution in [3.63, 3.8) is 0 Å². The van der Waals surface area contributed by atoms with Gasteiger partial charge in [-0.15, -0.1) is 0 Å². The van der Waals surface area contributed by atoms with Crippen LogP contribution in [0.25, 0.3) is 0 Å². The number of carbonyl (C=O) groups is 2. The highest BCUT2D eigenvalue weighted by molar-refractivity contribution is 5.80. The molecule has 10 aromatic rings. The third kappa shape index (κ3) is 19.5. The van der Waals surface area contributed by atoms with E-state index in [-0.39, 0.29) is 88.2 Å². The molecule has 0 aromatic heterocycles. The quantitative estimate of drug-likeness (QED) is 0.0648. The molecule has 129 heavy (non-hydrogen) atoms. The van der Waals surface area contributed by atoms with E-state index in [2.05, 4.69) is 105 Å². The smallest absolute Gasteiger partial charge is 0.416 e. The van der Waals surface area contributed by atoms with Crippen molar-refractivity contribution in [2.75, 3.05) is 59.5 Å². The van der Waals surface area contributed by atoms with Gasteiger partial charge in [-0.1, -0.05) is 120 Å². The summed E-state index contributed by atoms with van der Waals surface area (Å²) in [6.45, 7) is 16.1. The van der Waals surface area contributed by atoms with Gasteiger partial charge in [0.1, 0.15) is 46.4 Å². The molecule has 13 atom stereocenters. The van der Waals surface area contributed by atoms with E-state index in [0.717, 1.165) is 108 Å². The van der Waals surface area contributed by atoms with Gasteiger partial charge in [0.25, 0.3) is 0 Å². The zero-order valence-electron chi connectivity index (χ0n) is 72.6. The Morgan fingerprint density at radius 1 is 0.357 bits per heavy atom. The fourth-order valence-corrected chi connectivity index (χ4v) is 20.4. The number of benzene rings is 10. The molecule has 7 N–H and O–H groups in total. The highest BCUT2D eigenvalue weighted by atomic mass is 19.4. The largest absolute Gasteiger partial charge is 0.508 e. The van der Waals surface area contributed by atoms with Crippen molar-refractivity contribution >= 4 is 40.3 Å². The molecule has 10 aliphatic rings. The minimum Gasteiger partial charge on any atom is -0.508 e. The van der Waals surface area contributed by atoms with Crippen molar-refractivity contribution in [3.05, 3.63) is 312 Å². The van der Waals surface area contributed by atoms with Crippen molar-refractivity contribution in [2.24, 2.45) is 17.8 Å². The summed E-state index contributed by atoms with van der Waals surface area (Å²) in [4.78, 5) is 28.0. The van der Waals surface area contributed by atoms with E-state index in [0.29, 0.717) is 112 Å². The standard InChI is InChI=1S/3C21H23F2NO.2C20H19F3N2O2/c3*1-12(2)13-8-9-18-15(11-13)21-14(5-4-10-25-21)20(24-18)19-16(22)6-3-7-17(19)23;2*21-20(22,23)13-6-7-16-15(10-13)18(25-8-2-5-19(25)27)11-17(24-16)12-3-1-4-14(26)9-12/h3*3,6-9,11-12,14,20-21,24H,4-5,10H2,1-2H3;2*1,3-4,6-7,9-10,17-18,24,26H,2,5,8,11H2/t14-,20?,21-;14-,20+,21-;;;/m10.../s1. The molecule has 10 aliphatic heterocycles. The summed E-state index contributed by atoms with van der Waals surface area (Å²) in [5.41, 5.74) is 12.6. The minimum absolute atomic E-state index is 0.0232. The van der Waals surface area contributed by atoms with Gasteiger partial charge in [-0.25, -0.2) is 26.3 Å². The molecule has 0 radical (unpaired) electrons. The molecular weight excluding hydrogens is 1680 g/mol. The molecule has 5 fully saturated rings. The van der Waals surface area contributed by atoms with E-state index >= 15 is 0 Å². The summed E-state index contributed by atoms with van der Waals surface area (Å²) >= 11 is 0. The lowest BCUT2D eigenvalue weighted by molar-refractivity contribution is -0.138. The van der Waals surface area contributed by atoms with Crippen LogP contribution in [-0.4, -0.2) is 64.7 Å². The van der Waals surface area contributed by atoms with Gasteiger partial charge in [0.05, 0.1) is 71.7 Å². The Balaban J connectivity index is 0.000000118. The van der Waals surface area contributed by atoms with Crippen molar-refractivity contribution in [3.8, 4) is 11.5 Å². The van der Waals surface area contributed by atoms with E-state index in [9.17, 15) is 72.5 Å². The van der Waals surface area contributed by atoms with Crippen LogP contribution >= 0.6 is 0 Å². The first-order chi connectivity index (χ1) is 61.8. The zero-order chi connectivity index (χ0) is 91.0. The molecule has 26 heteroatoms. The Labute approximate surface area is 743 Å². The predicted molar refractivity (Wildman–Crippen MR) is 472 cm³/mol. The molecule has 2 amide bonds.